The molecule has 2 aliphatic heterocycles. The topological polar surface area (TPSA) is 48.5 Å². The smallest absolute Gasteiger partial charge is 0.222 e. The minimum atomic E-state index is 0.278. The predicted octanol–water partition coefficient (Wildman–Crippen LogP) is 1.26. The Hall–Kier alpha value is -1.62. The Balaban J connectivity index is 1.47. The normalized spacial score (nSPS) is 24.4. The van der Waals surface area contributed by atoms with Gasteiger partial charge in [0.2, 0.25) is 5.91 Å². The van der Waals surface area contributed by atoms with E-state index in [-0.39, 0.29) is 5.91 Å². The lowest BCUT2D eigenvalue weighted by atomic mass is 10.00. The number of anilines is 1. The van der Waals surface area contributed by atoms with Gasteiger partial charge in [-0.2, -0.15) is 0 Å². The van der Waals surface area contributed by atoms with Crippen LogP contribution in [-0.4, -0.2) is 54.6 Å². The van der Waals surface area contributed by atoms with Crippen molar-refractivity contribution in [2.75, 3.05) is 31.6 Å². The van der Waals surface area contributed by atoms with Gasteiger partial charge in [0.05, 0.1) is 0 Å². The number of nitrogens with one attached hydrogen (secondary N) is 1. The van der Waals surface area contributed by atoms with Crippen LogP contribution >= 0.6 is 0 Å². The highest BCUT2D eigenvalue weighted by Gasteiger charge is 2.26. The van der Waals surface area contributed by atoms with Crippen molar-refractivity contribution < 1.29 is 4.79 Å². The minimum absolute atomic E-state index is 0.278. The van der Waals surface area contributed by atoms with Crippen LogP contribution in [0.5, 0.6) is 0 Å². The van der Waals surface area contributed by atoms with Crippen LogP contribution in [-0.2, 0) is 4.79 Å². The Morgan fingerprint density at radius 1 is 1.14 bits per heavy atom. The molecule has 114 valence electrons. The lowest BCUT2D eigenvalue weighted by Gasteiger charge is -2.38. The van der Waals surface area contributed by atoms with E-state index in [0.717, 1.165) is 38.9 Å². The molecule has 2 fully saturated rings. The van der Waals surface area contributed by atoms with Gasteiger partial charge in [0.25, 0.3) is 0 Å². The van der Waals surface area contributed by atoms with Crippen molar-refractivity contribution in [3.05, 3.63) is 24.5 Å². The number of hydrogen-bond acceptors (Lipinski definition) is 4. The largest absolute Gasteiger partial charge is 0.371 e. The third kappa shape index (κ3) is 3.53. The summed E-state index contributed by atoms with van der Waals surface area (Å²) >= 11 is 0. The first-order valence-electron chi connectivity index (χ1n) is 7.87. The summed E-state index contributed by atoms with van der Waals surface area (Å²) in [5.74, 6) is 0.278. The average molecular weight is 288 g/mol. The van der Waals surface area contributed by atoms with Crippen LogP contribution in [0.1, 0.15) is 25.7 Å². The maximum atomic E-state index is 11.5. The summed E-state index contributed by atoms with van der Waals surface area (Å²) in [5.41, 5.74) is 1.27. The summed E-state index contributed by atoms with van der Waals surface area (Å²) in [7, 11) is 1.90. The van der Waals surface area contributed by atoms with E-state index in [0.29, 0.717) is 18.5 Å². The van der Waals surface area contributed by atoms with Crippen molar-refractivity contribution in [3.8, 4) is 0 Å². The molecule has 0 aromatic carbocycles. The molecule has 1 N–H and O–H groups in total. The Bertz CT molecular complexity index is 470. The van der Waals surface area contributed by atoms with Crippen molar-refractivity contribution >= 4 is 11.6 Å². The number of carbonyl (C=O) groups excluding carboxylic acids is 1. The number of amides is 1. The van der Waals surface area contributed by atoms with Crippen molar-refractivity contribution in [2.24, 2.45) is 0 Å². The second-order valence-electron chi connectivity index (χ2n) is 6.14. The molecule has 0 saturated carbocycles. The molecule has 3 rings (SSSR count). The number of piperidine rings is 2. The maximum absolute atomic E-state index is 11.5. The molecule has 21 heavy (non-hydrogen) atoms. The van der Waals surface area contributed by atoms with Crippen molar-refractivity contribution in [1.29, 1.82) is 0 Å². The lowest BCUT2D eigenvalue weighted by Crippen LogP contribution is -2.52. The number of carbonyl (C=O) groups is 1. The minimum Gasteiger partial charge on any atom is -0.371 e. The highest BCUT2D eigenvalue weighted by molar-refractivity contribution is 5.76. The van der Waals surface area contributed by atoms with Gasteiger partial charge in [0, 0.05) is 63.3 Å². The van der Waals surface area contributed by atoms with E-state index in [1.165, 1.54) is 5.69 Å². The molecule has 0 bridgehead atoms. The fourth-order valence-corrected chi connectivity index (χ4v) is 3.34. The first-order chi connectivity index (χ1) is 10.2. The van der Waals surface area contributed by atoms with E-state index in [9.17, 15) is 4.79 Å². The van der Waals surface area contributed by atoms with E-state index in [1.807, 2.05) is 24.3 Å². The summed E-state index contributed by atoms with van der Waals surface area (Å²) in [6.45, 7) is 3.02. The molecular weight excluding hydrogens is 264 g/mol. The SMILES string of the molecule is CN1CC(NC2CCN(c3ccncc3)CC2)CCC1=O. The number of hydrogen-bond donors (Lipinski definition) is 1. The van der Waals surface area contributed by atoms with Gasteiger partial charge in [0.15, 0.2) is 0 Å². The molecule has 3 heterocycles. The second-order valence-corrected chi connectivity index (χ2v) is 6.14. The predicted molar refractivity (Wildman–Crippen MR) is 83.3 cm³/mol. The van der Waals surface area contributed by atoms with Gasteiger partial charge in [-0.15, -0.1) is 0 Å². The number of pyridine rings is 1. The van der Waals surface area contributed by atoms with Crippen molar-refractivity contribution in [3.63, 3.8) is 0 Å². The number of nitrogens with zero attached hydrogens (tertiary/aromatic N) is 3. The summed E-state index contributed by atoms with van der Waals surface area (Å²) in [6.07, 6.45) is 7.70. The summed E-state index contributed by atoms with van der Waals surface area (Å²) in [5, 5.41) is 3.75. The Morgan fingerprint density at radius 2 is 1.86 bits per heavy atom. The maximum Gasteiger partial charge on any atom is 0.222 e. The molecule has 0 radical (unpaired) electrons. The average Bonchev–Trinajstić information content (AvgIpc) is 2.53. The van der Waals surface area contributed by atoms with Gasteiger partial charge in [-0.1, -0.05) is 0 Å². The highest BCUT2D eigenvalue weighted by atomic mass is 16.2. The molecule has 1 atom stereocenters. The second kappa shape index (κ2) is 6.43. The molecule has 2 saturated heterocycles. The van der Waals surface area contributed by atoms with Crippen LogP contribution in [0.15, 0.2) is 24.5 Å². The highest BCUT2D eigenvalue weighted by Crippen LogP contribution is 2.20. The summed E-state index contributed by atoms with van der Waals surface area (Å²) < 4.78 is 0. The zero-order valence-electron chi connectivity index (χ0n) is 12.7. The molecule has 2 aliphatic rings. The molecule has 1 unspecified atom stereocenters. The van der Waals surface area contributed by atoms with E-state index in [1.54, 1.807) is 0 Å². The summed E-state index contributed by atoms with van der Waals surface area (Å²) in [6, 6.07) is 5.20. The monoisotopic (exact) mass is 288 g/mol. The number of likely N-dealkylation sites (tertiary alicyclic amines) is 1. The van der Waals surface area contributed by atoms with Gasteiger partial charge in [-0.25, -0.2) is 0 Å². The van der Waals surface area contributed by atoms with Crippen LogP contribution in [0.4, 0.5) is 5.69 Å². The van der Waals surface area contributed by atoms with Crippen LogP contribution in [0, 0.1) is 0 Å². The van der Waals surface area contributed by atoms with Crippen LogP contribution in [0.2, 0.25) is 0 Å². The van der Waals surface area contributed by atoms with Crippen molar-refractivity contribution in [1.82, 2.24) is 15.2 Å². The van der Waals surface area contributed by atoms with E-state index in [2.05, 4.69) is 27.3 Å². The third-order valence-electron chi connectivity index (χ3n) is 4.62. The molecular formula is C16H24N4O. The quantitative estimate of drug-likeness (QED) is 0.910. The van der Waals surface area contributed by atoms with Gasteiger partial charge in [-0.05, 0) is 31.4 Å². The standard InChI is InChI=1S/C16H24N4O/c1-19-12-14(2-3-16(19)21)18-13-6-10-20(11-7-13)15-4-8-17-9-5-15/h4-5,8-9,13-14,18H,2-3,6-7,10-12H2,1H3. The zero-order chi connectivity index (χ0) is 14.7. The van der Waals surface area contributed by atoms with Crippen LogP contribution in [0.3, 0.4) is 0 Å². The van der Waals surface area contributed by atoms with Crippen LogP contribution in [0.25, 0.3) is 0 Å². The van der Waals surface area contributed by atoms with Gasteiger partial charge < -0.3 is 15.1 Å². The molecule has 1 aromatic heterocycles. The van der Waals surface area contributed by atoms with Gasteiger partial charge >= 0.3 is 0 Å². The Morgan fingerprint density at radius 3 is 2.52 bits per heavy atom. The first-order valence-corrected chi connectivity index (χ1v) is 7.87. The molecule has 5 nitrogen and oxygen atoms in total. The Labute approximate surface area is 126 Å². The van der Waals surface area contributed by atoms with E-state index < -0.39 is 0 Å². The van der Waals surface area contributed by atoms with E-state index >= 15 is 0 Å². The third-order valence-corrected chi connectivity index (χ3v) is 4.62. The Kier molecular flexibility index (Phi) is 4.39. The molecule has 1 amide bonds. The molecule has 0 aliphatic carbocycles. The zero-order valence-corrected chi connectivity index (χ0v) is 12.7. The van der Waals surface area contributed by atoms with Crippen molar-refractivity contribution in [2.45, 2.75) is 37.8 Å². The van der Waals surface area contributed by atoms with E-state index in [4.69, 9.17) is 0 Å². The fraction of sp³-hybridized carbons (Fsp3) is 0.625. The first kappa shape index (κ1) is 14.3. The fourth-order valence-electron chi connectivity index (χ4n) is 3.34. The lowest BCUT2D eigenvalue weighted by molar-refractivity contribution is -0.132. The number of aromatic nitrogens is 1. The van der Waals surface area contributed by atoms with Gasteiger partial charge in [0.1, 0.15) is 0 Å². The molecule has 0 spiro atoms. The van der Waals surface area contributed by atoms with Gasteiger partial charge in [-0.3, -0.25) is 9.78 Å². The number of rotatable bonds is 3. The molecule has 1 aromatic rings. The molecule has 5 heteroatoms. The van der Waals surface area contributed by atoms with Crippen LogP contribution < -0.4 is 10.2 Å². The number of likely N-dealkylation sites (N-methyl/N-ethyl adjacent to an activating group) is 1. The summed E-state index contributed by atoms with van der Waals surface area (Å²) in [4.78, 5) is 19.9.